The van der Waals surface area contributed by atoms with E-state index in [0.717, 1.165) is 61.3 Å². The summed E-state index contributed by atoms with van der Waals surface area (Å²) in [4.78, 5) is 18.1. The molecule has 0 saturated carbocycles. The van der Waals surface area contributed by atoms with Crippen molar-refractivity contribution in [1.82, 2.24) is 15.0 Å². The van der Waals surface area contributed by atoms with Crippen LogP contribution in [0.15, 0.2) is 29.0 Å². The topological polar surface area (TPSA) is 54.4 Å². The van der Waals surface area contributed by atoms with Gasteiger partial charge in [-0.1, -0.05) is 0 Å². The van der Waals surface area contributed by atoms with Gasteiger partial charge in [-0.2, -0.15) is 4.98 Å². The van der Waals surface area contributed by atoms with E-state index in [9.17, 15) is 0 Å². The molecular weight excluding hydrogens is 346 g/mol. The van der Waals surface area contributed by atoms with Gasteiger partial charge < -0.3 is 14.5 Å². The molecule has 0 aromatic carbocycles. The number of fused-ring (bicyclic) bond motifs is 1. The van der Waals surface area contributed by atoms with Gasteiger partial charge in [-0.3, -0.25) is 0 Å². The predicted molar refractivity (Wildman–Crippen MR) is 87.7 cm³/mol. The summed E-state index contributed by atoms with van der Waals surface area (Å²) in [6, 6.07) is 4.01. The summed E-state index contributed by atoms with van der Waals surface area (Å²) in [5, 5.41) is 0. The number of morpholine rings is 1. The molecule has 2 aromatic rings. The van der Waals surface area contributed by atoms with Crippen LogP contribution in [-0.4, -0.2) is 47.8 Å². The summed E-state index contributed by atoms with van der Waals surface area (Å²) in [7, 11) is 0. The Labute approximate surface area is 137 Å². The quantitative estimate of drug-likeness (QED) is 0.816. The van der Waals surface area contributed by atoms with Gasteiger partial charge in [-0.15, -0.1) is 0 Å². The molecule has 0 spiro atoms. The van der Waals surface area contributed by atoms with Gasteiger partial charge in [0.2, 0.25) is 5.95 Å². The van der Waals surface area contributed by atoms with Crippen molar-refractivity contribution in [2.45, 2.75) is 6.42 Å². The summed E-state index contributed by atoms with van der Waals surface area (Å²) >= 11 is 3.42. The Bertz CT molecular complexity index is 672. The largest absolute Gasteiger partial charge is 0.378 e. The third-order valence-corrected chi connectivity index (χ3v) is 4.44. The molecule has 0 aliphatic carbocycles. The number of rotatable bonds is 2. The second-order valence-corrected chi connectivity index (χ2v) is 6.27. The predicted octanol–water partition coefficient (Wildman–Crippen LogP) is 2.16. The van der Waals surface area contributed by atoms with Gasteiger partial charge in [0.1, 0.15) is 11.6 Å². The first kappa shape index (κ1) is 13.9. The van der Waals surface area contributed by atoms with E-state index in [1.165, 1.54) is 5.56 Å². The number of hydrogen-bond acceptors (Lipinski definition) is 6. The van der Waals surface area contributed by atoms with Crippen molar-refractivity contribution < 1.29 is 4.74 Å². The molecular formula is C15H16BrN5O. The highest BCUT2D eigenvalue weighted by Gasteiger charge is 2.25. The van der Waals surface area contributed by atoms with Crippen molar-refractivity contribution in [2.75, 3.05) is 42.6 Å². The maximum absolute atomic E-state index is 5.39. The third kappa shape index (κ3) is 2.55. The Hall–Kier alpha value is -1.73. The van der Waals surface area contributed by atoms with Crippen LogP contribution in [0.4, 0.5) is 17.6 Å². The van der Waals surface area contributed by atoms with Gasteiger partial charge in [-0.05, 0) is 34.5 Å². The fraction of sp³-hybridized carbons (Fsp3) is 0.400. The summed E-state index contributed by atoms with van der Waals surface area (Å²) in [6.45, 7) is 4.05. The monoisotopic (exact) mass is 361 g/mol. The van der Waals surface area contributed by atoms with Crippen LogP contribution < -0.4 is 9.80 Å². The smallest absolute Gasteiger partial charge is 0.227 e. The zero-order chi connectivity index (χ0) is 14.9. The summed E-state index contributed by atoms with van der Waals surface area (Å²) in [5.41, 5.74) is 1.18. The normalized spacial score (nSPS) is 17.7. The lowest BCUT2D eigenvalue weighted by molar-refractivity contribution is 0.122. The van der Waals surface area contributed by atoms with Crippen LogP contribution in [0.25, 0.3) is 0 Å². The first-order valence-electron chi connectivity index (χ1n) is 7.39. The molecule has 2 aliphatic heterocycles. The molecule has 4 heterocycles. The Balaban J connectivity index is 1.66. The number of aromatic nitrogens is 3. The minimum atomic E-state index is 0.735. The molecule has 7 heteroatoms. The highest BCUT2D eigenvalue weighted by Crippen LogP contribution is 2.32. The molecule has 0 bridgehead atoms. The average Bonchev–Trinajstić information content (AvgIpc) is 2.99. The molecule has 2 aromatic heterocycles. The average molecular weight is 362 g/mol. The molecule has 4 rings (SSSR count). The van der Waals surface area contributed by atoms with Crippen molar-refractivity contribution in [1.29, 1.82) is 0 Å². The van der Waals surface area contributed by atoms with E-state index in [-0.39, 0.29) is 0 Å². The van der Waals surface area contributed by atoms with Gasteiger partial charge in [-0.25, -0.2) is 9.97 Å². The number of hydrogen-bond donors (Lipinski definition) is 0. The fourth-order valence-electron chi connectivity index (χ4n) is 2.80. The van der Waals surface area contributed by atoms with Gasteiger partial charge >= 0.3 is 0 Å². The number of pyridine rings is 1. The molecule has 22 heavy (non-hydrogen) atoms. The Kier molecular flexibility index (Phi) is 3.67. The molecule has 0 radical (unpaired) electrons. The SMILES string of the molecule is Brc1ccc(N2CCc3cnc(N4CCOCC4)nc32)nc1. The lowest BCUT2D eigenvalue weighted by atomic mass is 10.3. The van der Waals surface area contributed by atoms with Crippen LogP contribution in [0.2, 0.25) is 0 Å². The lowest BCUT2D eigenvalue weighted by Crippen LogP contribution is -2.37. The first-order chi connectivity index (χ1) is 10.8. The fourth-order valence-corrected chi connectivity index (χ4v) is 3.04. The van der Waals surface area contributed by atoms with Gasteiger partial charge in [0.05, 0.1) is 13.2 Å². The maximum Gasteiger partial charge on any atom is 0.227 e. The third-order valence-electron chi connectivity index (χ3n) is 3.97. The molecule has 2 aliphatic rings. The van der Waals surface area contributed by atoms with Gasteiger partial charge in [0.25, 0.3) is 0 Å². The Morgan fingerprint density at radius 1 is 1.05 bits per heavy atom. The maximum atomic E-state index is 5.39. The van der Waals surface area contributed by atoms with Crippen LogP contribution in [0.1, 0.15) is 5.56 Å². The van der Waals surface area contributed by atoms with E-state index in [1.807, 2.05) is 24.5 Å². The van der Waals surface area contributed by atoms with Crippen LogP contribution >= 0.6 is 15.9 Å². The van der Waals surface area contributed by atoms with Gasteiger partial charge in [0.15, 0.2) is 0 Å². The molecule has 1 saturated heterocycles. The van der Waals surface area contributed by atoms with Crippen molar-refractivity contribution in [3.8, 4) is 0 Å². The van der Waals surface area contributed by atoms with Gasteiger partial charge in [0, 0.05) is 42.1 Å². The second kappa shape index (κ2) is 5.81. The van der Waals surface area contributed by atoms with E-state index < -0.39 is 0 Å². The number of ether oxygens (including phenoxy) is 1. The van der Waals surface area contributed by atoms with Crippen molar-refractivity contribution in [3.63, 3.8) is 0 Å². The van der Waals surface area contributed by atoms with E-state index in [2.05, 4.69) is 35.7 Å². The number of halogens is 1. The zero-order valence-corrected chi connectivity index (χ0v) is 13.7. The van der Waals surface area contributed by atoms with Crippen LogP contribution in [0.5, 0.6) is 0 Å². The minimum absolute atomic E-state index is 0.735. The first-order valence-corrected chi connectivity index (χ1v) is 8.18. The van der Waals surface area contributed by atoms with E-state index in [1.54, 1.807) is 0 Å². The molecule has 1 fully saturated rings. The van der Waals surface area contributed by atoms with E-state index in [0.29, 0.717) is 0 Å². The Morgan fingerprint density at radius 2 is 1.91 bits per heavy atom. The van der Waals surface area contributed by atoms with Crippen LogP contribution in [0.3, 0.4) is 0 Å². The molecule has 114 valence electrons. The minimum Gasteiger partial charge on any atom is -0.378 e. The van der Waals surface area contributed by atoms with E-state index >= 15 is 0 Å². The molecule has 0 N–H and O–H groups in total. The van der Waals surface area contributed by atoms with Crippen LogP contribution in [0, 0.1) is 0 Å². The van der Waals surface area contributed by atoms with Crippen molar-refractivity contribution in [3.05, 3.63) is 34.6 Å². The van der Waals surface area contributed by atoms with Crippen molar-refractivity contribution in [2.24, 2.45) is 0 Å². The highest BCUT2D eigenvalue weighted by atomic mass is 79.9. The summed E-state index contributed by atoms with van der Waals surface area (Å²) in [5.74, 6) is 2.69. The molecule has 0 atom stereocenters. The second-order valence-electron chi connectivity index (χ2n) is 5.35. The molecule has 0 unspecified atom stereocenters. The standard InChI is InChI=1S/C15H16BrN5O/c16-12-1-2-13(17-10-12)21-4-3-11-9-18-15(19-14(11)21)20-5-7-22-8-6-20/h1-2,9-10H,3-8H2. The number of nitrogens with zero attached hydrogens (tertiary/aromatic N) is 5. The summed E-state index contributed by atoms with van der Waals surface area (Å²) < 4.78 is 6.37. The Morgan fingerprint density at radius 3 is 2.68 bits per heavy atom. The summed E-state index contributed by atoms with van der Waals surface area (Å²) in [6.07, 6.45) is 4.72. The molecule has 0 amide bonds. The van der Waals surface area contributed by atoms with E-state index in [4.69, 9.17) is 9.72 Å². The molecule has 6 nitrogen and oxygen atoms in total. The van der Waals surface area contributed by atoms with Crippen molar-refractivity contribution >= 4 is 33.5 Å². The highest BCUT2D eigenvalue weighted by molar-refractivity contribution is 9.10. The zero-order valence-electron chi connectivity index (χ0n) is 12.1. The lowest BCUT2D eigenvalue weighted by Gasteiger charge is -2.27. The number of anilines is 3. The van der Waals surface area contributed by atoms with Crippen LogP contribution in [-0.2, 0) is 11.2 Å².